The van der Waals surface area contributed by atoms with Crippen LogP contribution in [-0.2, 0) is 23.8 Å². The maximum atomic E-state index is 11.7. The Morgan fingerprint density at radius 2 is 1.95 bits per heavy atom. The molecule has 1 aliphatic heterocycles. The molecule has 0 fully saturated rings. The van der Waals surface area contributed by atoms with Gasteiger partial charge in [-0.2, -0.15) is 0 Å². The molecule has 0 aliphatic carbocycles. The van der Waals surface area contributed by atoms with E-state index in [2.05, 4.69) is 4.74 Å². The average Bonchev–Trinajstić information content (AvgIpc) is 2.84. The molecule has 22 heavy (non-hydrogen) atoms. The second-order valence-corrected chi connectivity index (χ2v) is 4.39. The number of benzene rings is 1. The molecule has 1 heterocycles. The fraction of sp³-hybridized carbons (Fsp3) is 0.188. The van der Waals surface area contributed by atoms with Gasteiger partial charge in [-0.05, 0) is 18.2 Å². The third-order valence-corrected chi connectivity index (χ3v) is 2.64. The predicted molar refractivity (Wildman–Crippen MR) is 75.4 cm³/mol. The minimum absolute atomic E-state index is 0.144. The summed E-state index contributed by atoms with van der Waals surface area (Å²) in [5.41, 5.74) is 0.472. The Morgan fingerprint density at radius 3 is 2.64 bits per heavy atom. The van der Waals surface area contributed by atoms with E-state index < -0.39 is 17.9 Å². The molecule has 0 unspecified atom stereocenters. The molecule has 0 bridgehead atoms. The van der Waals surface area contributed by atoms with Gasteiger partial charge < -0.3 is 14.2 Å². The van der Waals surface area contributed by atoms with Crippen LogP contribution in [0.5, 0.6) is 0 Å². The van der Waals surface area contributed by atoms with Gasteiger partial charge in [0.1, 0.15) is 5.76 Å². The number of carbonyl (C=O) groups excluding carboxylic acids is 3. The minimum Gasteiger partial charge on any atom is -0.462 e. The highest BCUT2D eigenvalue weighted by Crippen LogP contribution is 2.18. The fourth-order valence-electron chi connectivity index (χ4n) is 1.71. The molecule has 0 saturated heterocycles. The molecule has 2 rings (SSSR count). The summed E-state index contributed by atoms with van der Waals surface area (Å²) in [6.07, 6.45) is 3.26. The maximum Gasteiger partial charge on any atom is 0.379 e. The van der Waals surface area contributed by atoms with E-state index in [0.29, 0.717) is 12.0 Å². The van der Waals surface area contributed by atoms with Gasteiger partial charge in [-0.3, -0.25) is 4.79 Å². The zero-order valence-electron chi connectivity index (χ0n) is 11.9. The van der Waals surface area contributed by atoms with Crippen LogP contribution in [0.3, 0.4) is 0 Å². The number of carbonyl (C=O) groups is 3. The first kappa shape index (κ1) is 15.5. The van der Waals surface area contributed by atoms with Gasteiger partial charge in [-0.15, -0.1) is 0 Å². The maximum absolute atomic E-state index is 11.7. The highest BCUT2D eigenvalue weighted by Gasteiger charge is 2.24. The lowest BCUT2D eigenvalue weighted by molar-refractivity contribution is -0.146. The number of cyclic esters (lactones) is 1. The topological polar surface area (TPSA) is 78.9 Å². The van der Waals surface area contributed by atoms with Gasteiger partial charge in [0.2, 0.25) is 5.76 Å². The average molecular weight is 302 g/mol. The first-order chi connectivity index (χ1) is 10.6. The van der Waals surface area contributed by atoms with Crippen LogP contribution in [0.15, 0.2) is 54.0 Å². The molecular formula is C16H14O6. The van der Waals surface area contributed by atoms with E-state index in [1.807, 2.05) is 6.07 Å². The number of esters is 3. The van der Waals surface area contributed by atoms with E-state index in [1.165, 1.54) is 13.0 Å². The van der Waals surface area contributed by atoms with Gasteiger partial charge in [-0.25, -0.2) is 9.59 Å². The SMILES string of the molecule is CC(=O)OC1=C/C(=C/CCOC(=O)c2ccccc2)OC1=O. The number of ether oxygens (including phenoxy) is 3. The third-order valence-electron chi connectivity index (χ3n) is 2.64. The Hall–Kier alpha value is -2.89. The summed E-state index contributed by atoms with van der Waals surface area (Å²) >= 11 is 0. The lowest BCUT2D eigenvalue weighted by Crippen LogP contribution is -2.06. The van der Waals surface area contributed by atoms with Crippen LogP contribution in [0, 0.1) is 0 Å². The molecule has 0 amide bonds. The quantitative estimate of drug-likeness (QED) is 0.471. The van der Waals surface area contributed by atoms with Crippen LogP contribution in [0.25, 0.3) is 0 Å². The molecule has 6 heteroatoms. The molecule has 0 N–H and O–H groups in total. The van der Waals surface area contributed by atoms with Crippen LogP contribution in [0.2, 0.25) is 0 Å². The number of hydrogen-bond acceptors (Lipinski definition) is 6. The van der Waals surface area contributed by atoms with Crippen molar-refractivity contribution in [2.24, 2.45) is 0 Å². The fourth-order valence-corrected chi connectivity index (χ4v) is 1.71. The summed E-state index contributed by atoms with van der Waals surface area (Å²) in [6, 6.07) is 8.62. The van der Waals surface area contributed by atoms with Crippen molar-refractivity contribution in [3.63, 3.8) is 0 Å². The van der Waals surface area contributed by atoms with E-state index in [0.717, 1.165) is 0 Å². The Morgan fingerprint density at radius 1 is 1.23 bits per heavy atom. The summed E-state index contributed by atoms with van der Waals surface area (Å²) in [7, 11) is 0. The Kier molecular flexibility index (Phi) is 5.08. The van der Waals surface area contributed by atoms with Crippen LogP contribution in [0.4, 0.5) is 0 Å². The Bertz CT molecular complexity index is 642. The monoisotopic (exact) mass is 302 g/mol. The van der Waals surface area contributed by atoms with Crippen molar-refractivity contribution >= 4 is 17.9 Å². The van der Waals surface area contributed by atoms with Gasteiger partial charge in [0, 0.05) is 19.4 Å². The van der Waals surface area contributed by atoms with E-state index in [9.17, 15) is 14.4 Å². The molecular weight excluding hydrogens is 288 g/mol. The van der Waals surface area contributed by atoms with E-state index in [4.69, 9.17) is 9.47 Å². The van der Waals surface area contributed by atoms with Crippen molar-refractivity contribution in [2.75, 3.05) is 6.61 Å². The van der Waals surface area contributed by atoms with Crippen molar-refractivity contribution < 1.29 is 28.6 Å². The number of rotatable bonds is 5. The number of allylic oxidation sites excluding steroid dienone is 1. The molecule has 0 atom stereocenters. The molecule has 1 aromatic carbocycles. The Balaban J connectivity index is 1.81. The second kappa shape index (κ2) is 7.21. The summed E-state index contributed by atoms with van der Waals surface area (Å²) in [5, 5.41) is 0. The van der Waals surface area contributed by atoms with Crippen LogP contribution in [0.1, 0.15) is 23.7 Å². The predicted octanol–water partition coefficient (Wildman–Crippen LogP) is 2.12. The molecule has 0 spiro atoms. The molecule has 114 valence electrons. The van der Waals surface area contributed by atoms with Gasteiger partial charge >= 0.3 is 17.9 Å². The Labute approximate surface area is 127 Å². The summed E-state index contributed by atoms with van der Waals surface area (Å²) in [5.74, 6) is -1.63. The lowest BCUT2D eigenvalue weighted by atomic mass is 10.2. The van der Waals surface area contributed by atoms with Crippen LogP contribution in [-0.4, -0.2) is 24.5 Å². The molecule has 0 saturated carbocycles. The first-order valence-electron chi connectivity index (χ1n) is 6.61. The van der Waals surface area contributed by atoms with Crippen molar-refractivity contribution in [1.29, 1.82) is 0 Å². The zero-order valence-corrected chi connectivity index (χ0v) is 11.9. The third kappa shape index (κ3) is 4.31. The molecule has 1 aromatic rings. The lowest BCUT2D eigenvalue weighted by Gasteiger charge is -2.02. The standard InChI is InChI=1S/C16H14O6/c1-11(17)21-14-10-13(22-16(14)19)8-5-9-20-15(18)12-6-3-2-4-7-12/h2-4,6-8,10H,5,9H2,1H3/b13-8-. The first-order valence-corrected chi connectivity index (χ1v) is 6.61. The zero-order chi connectivity index (χ0) is 15.9. The number of hydrogen-bond donors (Lipinski definition) is 0. The van der Waals surface area contributed by atoms with E-state index in [1.54, 1.807) is 30.3 Å². The van der Waals surface area contributed by atoms with Gasteiger partial charge in [0.05, 0.1) is 12.2 Å². The van der Waals surface area contributed by atoms with Gasteiger partial charge in [0.25, 0.3) is 0 Å². The van der Waals surface area contributed by atoms with Gasteiger partial charge in [0.15, 0.2) is 0 Å². The highest BCUT2D eigenvalue weighted by atomic mass is 16.6. The van der Waals surface area contributed by atoms with Crippen molar-refractivity contribution in [3.8, 4) is 0 Å². The van der Waals surface area contributed by atoms with E-state index in [-0.39, 0.29) is 18.1 Å². The van der Waals surface area contributed by atoms with E-state index >= 15 is 0 Å². The second-order valence-electron chi connectivity index (χ2n) is 4.39. The van der Waals surface area contributed by atoms with Crippen molar-refractivity contribution in [3.05, 3.63) is 59.6 Å². The summed E-state index contributed by atoms with van der Waals surface area (Å²) < 4.78 is 14.6. The molecule has 0 aromatic heterocycles. The van der Waals surface area contributed by atoms with Gasteiger partial charge in [-0.1, -0.05) is 18.2 Å². The van der Waals surface area contributed by atoms with Crippen LogP contribution < -0.4 is 0 Å². The van der Waals surface area contributed by atoms with Crippen molar-refractivity contribution in [1.82, 2.24) is 0 Å². The minimum atomic E-state index is -0.720. The normalized spacial score (nSPS) is 15.2. The van der Waals surface area contributed by atoms with Crippen LogP contribution >= 0.6 is 0 Å². The van der Waals surface area contributed by atoms with Crippen molar-refractivity contribution in [2.45, 2.75) is 13.3 Å². The smallest absolute Gasteiger partial charge is 0.379 e. The summed E-state index contributed by atoms with van der Waals surface area (Å²) in [6.45, 7) is 1.34. The molecule has 6 nitrogen and oxygen atoms in total. The summed E-state index contributed by atoms with van der Waals surface area (Å²) in [4.78, 5) is 33.8. The molecule has 1 aliphatic rings. The highest BCUT2D eigenvalue weighted by molar-refractivity contribution is 5.93. The molecule has 0 radical (unpaired) electrons. The largest absolute Gasteiger partial charge is 0.462 e.